The van der Waals surface area contributed by atoms with Gasteiger partial charge in [0.05, 0.1) is 12.0 Å². The lowest BCUT2D eigenvalue weighted by atomic mass is 10.1. The SMILES string of the molecule is CNC(=O)c1ccc(CN(C)C(=O)c2ccc(C(=O)OC)s2)cc1. The van der Waals surface area contributed by atoms with Gasteiger partial charge in [-0.3, -0.25) is 9.59 Å². The van der Waals surface area contributed by atoms with Crippen LogP contribution in [0.2, 0.25) is 0 Å². The highest BCUT2D eigenvalue weighted by molar-refractivity contribution is 7.15. The zero-order valence-electron chi connectivity index (χ0n) is 13.7. The molecule has 1 aromatic carbocycles. The van der Waals surface area contributed by atoms with E-state index in [1.807, 2.05) is 12.1 Å². The van der Waals surface area contributed by atoms with Gasteiger partial charge >= 0.3 is 5.97 Å². The number of amides is 2. The molecule has 2 rings (SSSR count). The first-order chi connectivity index (χ1) is 11.5. The molecule has 0 aliphatic carbocycles. The summed E-state index contributed by atoms with van der Waals surface area (Å²) in [6, 6.07) is 10.2. The zero-order valence-corrected chi connectivity index (χ0v) is 14.5. The summed E-state index contributed by atoms with van der Waals surface area (Å²) in [4.78, 5) is 37.8. The average Bonchev–Trinajstić information content (AvgIpc) is 3.10. The number of carbonyl (C=O) groups is 3. The second-order valence-electron chi connectivity index (χ2n) is 5.09. The Morgan fingerprint density at radius 2 is 1.71 bits per heavy atom. The van der Waals surface area contributed by atoms with E-state index in [9.17, 15) is 14.4 Å². The molecule has 24 heavy (non-hydrogen) atoms. The third kappa shape index (κ3) is 3.99. The van der Waals surface area contributed by atoms with Gasteiger partial charge in [-0.2, -0.15) is 0 Å². The number of benzene rings is 1. The third-order valence-electron chi connectivity index (χ3n) is 3.41. The molecule has 0 radical (unpaired) electrons. The highest BCUT2D eigenvalue weighted by Gasteiger charge is 2.17. The van der Waals surface area contributed by atoms with Crippen molar-refractivity contribution in [2.75, 3.05) is 21.2 Å². The van der Waals surface area contributed by atoms with Crippen LogP contribution < -0.4 is 5.32 Å². The number of nitrogens with zero attached hydrogens (tertiary/aromatic N) is 1. The molecule has 0 unspecified atom stereocenters. The largest absolute Gasteiger partial charge is 0.465 e. The summed E-state index contributed by atoms with van der Waals surface area (Å²) in [6.45, 7) is 0.401. The molecule has 0 saturated heterocycles. The van der Waals surface area contributed by atoms with Crippen molar-refractivity contribution >= 4 is 29.1 Å². The summed E-state index contributed by atoms with van der Waals surface area (Å²) in [5.74, 6) is -0.781. The van der Waals surface area contributed by atoms with Gasteiger partial charge in [-0.1, -0.05) is 12.1 Å². The minimum atomic E-state index is -0.452. The Bertz CT molecular complexity index is 752. The van der Waals surface area contributed by atoms with E-state index in [1.165, 1.54) is 7.11 Å². The van der Waals surface area contributed by atoms with E-state index in [-0.39, 0.29) is 11.8 Å². The molecule has 1 aromatic heterocycles. The topological polar surface area (TPSA) is 75.7 Å². The van der Waals surface area contributed by atoms with E-state index < -0.39 is 5.97 Å². The Balaban J connectivity index is 2.04. The lowest BCUT2D eigenvalue weighted by Gasteiger charge is -2.16. The third-order valence-corrected chi connectivity index (χ3v) is 4.47. The van der Waals surface area contributed by atoms with Crippen molar-refractivity contribution in [2.45, 2.75) is 6.54 Å². The van der Waals surface area contributed by atoms with E-state index >= 15 is 0 Å². The van der Waals surface area contributed by atoms with Gasteiger partial charge in [0.15, 0.2) is 0 Å². The Labute approximate surface area is 144 Å². The molecule has 0 saturated carbocycles. The van der Waals surface area contributed by atoms with E-state index in [2.05, 4.69) is 10.1 Å². The fourth-order valence-electron chi connectivity index (χ4n) is 2.10. The quantitative estimate of drug-likeness (QED) is 0.842. The molecule has 2 aromatic rings. The van der Waals surface area contributed by atoms with Crippen LogP contribution in [0.3, 0.4) is 0 Å². The molecular weight excluding hydrogens is 328 g/mol. The molecule has 0 spiro atoms. The lowest BCUT2D eigenvalue weighted by Crippen LogP contribution is -2.25. The second-order valence-corrected chi connectivity index (χ2v) is 6.18. The van der Waals surface area contributed by atoms with Crippen molar-refractivity contribution in [1.29, 1.82) is 0 Å². The first-order valence-electron chi connectivity index (χ1n) is 7.21. The molecule has 0 aliphatic heterocycles. The molecule has 0 bridgehead atoms. The number of carbonyl (C=O) groups excluding carboxylic acids is 3. The molecule has 1 heterocycles. The van der Waals surface area contributed by atoms with Gasteiger partial charge in [-0.05, 0) is 29.8 Å². The van der Waals surface area contributed by atoms with Gasteiger partial charge in [0.1, 0.15) is 4.88 Å². The monoisotopic (exact) mass is 346 g/mol. The van der Waals surface area contributed by atoms with E-state index in [4.69, 9.17) is 0 Å². The summed E-state index contributed by atoms with van der Waals surface area (Å²) in [5.41, 5.74) is 1.47. The molecule has 0 atom stereocenters. The van der Waals surface area contributed by atoms with Crippen molar-refractivity contribution in [2.24, 2.45) is 0 Å². The number of esters is 1. The van der Waals surface area contributed by atoms with Gasteiger partial charge in [0, 0.05) is 26.2 Å². The Morgan fingerprint density at radius 3 is 2.29 bits per heavy atom. The predicted molar refractivity (Wildman–Crippen MR) is 91.3 cm³/mol. The normalized spacial score (nSPS) is 10.1. The summed E-state index contributed by atoms with van der Waals surface area (Å²) < 4.78 is 4.64. The molecule has 1 N–H and O–H groups in total. The predicted octanol–water partition coefficient (Wildman–Crippen LogP) is 2.17. The van der Waals surface area contributed by atoms with E-state index in [1.54, 1.807) is 43.3 Å². The fourth-order valence-corrected chi connectivity index (χ4v) is 3.02. The van der Waals surface area contributed by atoms with Crippen LogP contribution in [0.15, 0.2) is 36.4 Å². The van der Waals surface area contributed by atoms with Gasteiger partial charge in [-0.15, -0.1) is 11.3 Å². The molecule has 0 fully saturated rings. The van der Waals surface area contributed by atoms with Crippen molar-refractivity contribution in [3.63, 3.8) is 0 Å². The number of rotatable bonds is 5. The maximum absolute atomic E-state index is 12.4. The van der Waals surface area contributed by atoms with Crippen molar-refractivity contribution in [3.05, 3.63) is 57.3 Å². The Hall–Kier alpha value is -2.67. The molecular formula is C17H18N2O4S. The van der Waals surface area contributed by atoms with Crippen LogP contribution in [0.1, 0.15) is 35.3 Å². The van der Waals surface area contributed by atoms with E-state index in [0.29, 0.717) is 21.9 Å². The van der Waals surface area contributed by atoms with Crippen LogP contribution in [0.25, 0.3) is 0 Å². The fraction of sp³-hybridized carbons (Fsp3) is 0.235. The summed E-state index contributed by atoms with van der Waals surface area (Å²) in [5, 5.41) is 2.56. The molecule has 7 heteroatoms. The minimum Gasteiger partial charge on any atom is -0.465 e. The highest BCUT2D eigenvalue weighted by Crippen LogP contribution is 2.19. The van der Waals surface area contributed by atoms with Crippen molar-refractivity contribution in [3.8, 4) is 0 Å². The Kier molecular flexibility index (Phi) is 5.70. The summed E-state index contributed by atoms with van der Waals surface area (Å²) in [6.07, 6.45) is 0. The number of nitrogens with one attached hydrogen (secondary N) is 1. The number of hydrogen-bond acceptors (Lipinski definition) is 5. The van der Waals surface area contributed by atoms with Crippen molar-refractivity contribution in [1.82, 2.24) is 10.2 Å². The standard InChI is InChI=1S/C17H18N2O4S/c1-18-15(20)12-6-4-11(5-7-12)10-19(2)16(21)13-8-9-14(24-13)17(22)23-3/h4-9H,10H2,1-3H3,(H,18,20). The molecule has 2 amide bonds. The Morgan fingerprint density at radius 1 is 1.08 bits per heavy atom. The second kappa shape index (κ2) is 7.74. The van der Waals surface area contributed by atoms with Crippen LogP contribution in [0.4, 0.5) is 0 Å². The zero-order chi connectivity index (χ0) is 17.7. The number of methoxy groups -OCH3 is 1. The van der Waals surface area contributed by atoms with Gasteiger partial charge < -0.3 is 15.0 Å². The van der Waals surface area contributed by atoms with Crippen LogP contribution in [-0.2, 0) is 11.3 Å². The van der Waals surface area contributed by atoms with E-state index in [0.717, 1.165) is 16.9 Å². The molecule has 0 aliphatic rings. The van der Waals surface area contributed by atoms with Gasteiger partial charge in [0.2, 0.25) is 0 Å². The van der Waals surface area contributed by atoms with Crippen LogP contribution >= 0.6 is 11.3 Å². The number of thiophene rings is 1. The minimum absolute atomic E-state index is 0.153. The average molecular weight is 346 g/mol. The smallest absolute Gasteiger partial charge is 0.348 e. The lowest BCUT2D eigenvalue weighted by molar-refractivity contribution is 0.0606. The van der Waals surface area contributed by atoms with Gasteiger partial charge in [0.25, 0.3) is 11.8 Å². The van der Waals surface area contributed by atoms with Gasteiger partial charge in [-0.25, -0.2) is 4.79 Å². The first kappa shape index (κ1) is 17.7. The van der Waals surface area contributed by atoms with Crippen LogP contribution in [0, 0.1) is 0 Å². The highest BCUT2D eigenvalue weighted by atomic mass is 32.1. The molecule has 126 valence electrons. The first-order valence-corrected chi connectivity index (χ1v) is 8.02. The van der Waals surface area contributed by atoms with Crippen LogP contribution in [-0.4, -0.2) is 43.9 Å². The van der Waals surface area contributed by atoms with Crippen LogP contribution in [0.5, 0.6) is 0 Å². The molecule has 6 nitrogen and oxygen atoms in total. The summed E-state index contributed by atoms with van der Waals surface area (Å²) in [7, 11) is 4.57. The number of hydrogen-bond donors (Lipinski definition) is 1. The number of ether oxygens (including phenoxy) is 1. The van der Waals surface area contributed by atoms with Crippen molar-refractivity contribution < 1.29 is 19.1 Å². The summed E-state index contributed by atoms with van der Waals surface area (Å²) >= 11 is 1.10. The maximum Gasteiger partial charge on any atom is 0.348 e. The maximum atomic E-state index is 12.4.